The normalized spacial score (nSPS) is 22.3. The summed E-state index contributed by atoms with van der Waals surface area (Å²) in [6.07, 6.45) is 2.82. The lowest BCUT2D eigenvalue weighted by Gasteiger charge is -2.35. The smallest absolute Gasteiger partial charge is 0.222 e. The number of carbonyl (C=O) groups excluding carboxylic acids is 1. The Kier molecular flexibility index (Phi) is 8.59. The first kappa shape index (κ1) is 25.4. The fraction of sp³-hybridized carbons (Fsp3) is 0.640. The third-order valence-corrected chi connectivity index (χ3v) is 6.60. The monoisotopic (exact) mass is 487 g/mol. The van der Waals surface area contributed by atoms with Gasteiger partial charge in [-0.05, 0) is 38.1 Å². The molecule has 0 saturated heterocycles. The highest BCUT2D eigenvalue weighted by Crippen LogP contribution is 2.31. The molecule has 35 heavy (non-hydrogen) atoms. The predicted molar refractivity (Wildman–Crippen MR) is 129 cm³/mol. The van der Waals surface area contributed by atoms with Gasteiger partial charge >= 0.3 is 0 Å². The maximum atomic E-state index is 13.0. The van der Waals surface area contributed by atoms with Crippen molar-refractivity contribution < 1.29 is 24.1 Å². The number of nitrogens with zero attached hydrogens (tertiary/aromatic N) is 5. The van der Waals surface area contributed by atoms with Crippen molar-refractivity contribution in [2.75, 3.05) is 40.0 Å². The Morgan fingerprint density at radius 3 is 2.86 bits per heavy atom. The number of hydrogen-bond acceptors (Lipinski definition) is 8. The molecule has 0 fully saturated rings. The third kappa shape index (κ3) is 6.71. The van der Waals surface area contributed by atoms with Gasteiger partial charge in [-0.3, -0.25) is 14.4 Å². The number of aliphatic hydroxyl groups excluding tert-OH is 1. The highest BCUT2D eigenvalue weighted by molar-refractivity contribution is 5.76. The molecular weight excluding hydrogens is 450 g/mol. The number of hydrogen-bond donors (Lipinski definition) is 1. The molecule has 192 valence electrons. The molecule has 0 unspecified atom stereocenters. The minimum atomic E-state index is -0.247. The van der Waals surface area contributed by atoms with Crippen LogP contribution in [-0.4, -0.2) is 87.9 Å². The average molecular weight is 488 g/mol. The van der Waals surface area contributed by atoms with Crippen LogP contribution in [0.4, 0.5) is 0 Å². The van der Waals surface area contributed by atoms with Gasteiger partial charge in [-0.2, -0.15) is 0 Å². The summed E-state index contributed by atoms with van der Waals surface area (Å²) in [5.41, 5.74) is 1.91. The molecular formula is C25H37N5O5. The summed E-state index contributed by atoms with van der Waals surface area (Å²) in [6.45, 7) is 7.94. The van der Waals surface area contributed by atoms with E-state index in [0.29, 0.717) is 52.3 Å². The van der Waals surface area contributed by atoms with Crippen molar-refractivity contribution in [1.29, 1.82) is 0 Å². The second-order valence-corrected chi connectivity index (χ2v) is 9.66. The Morgan fingerprint density at radius 2 is 2.06 bits per heavy atom. The lowest BCUT2D eigenvalue weighted by Crippen LogP contribution is -2.47. The molecule has 10 heteroatoms. The van der Waals surface area contributed by atoms with Gasteiger partial charge in [0.25, 0.3) is 0 Å². The number of ether oxygens (including phenoxy) is 3. The van der Waals surface area contributed by atoms with Crippen LogP contribution in [0, 0.1) is 5.92 Å². The van der Waals surface area contributed by atoms with E-state index in [1.165, 1.54) is 0 Å². The number of rotatable bonds is 6. The van der Waals surface area contributed by atoms with Crippen molar-refractivity contribution >= 4 is 5.91 Å². The van der Waals surface area contributed by atoms with Crippen LogP contribution >= 0.6 is 0 Å². The van der Waals surface area contributed by atoms with Gasteiger partial charge in [0.2, 0.25) is 5.91 Å². The third-order valence-electron chi connectivity index (χ3n) is 6.60. The Morgan fingerprint density at radius 1 is 1.26 bits per heavy atom. The van der Waals surface area contributed by atoms with Crippen LogP contribution in [0.1, 0.15) is 37.9 Å². The topological polar surface area (TPSA) is 102 Å². The number of benzene rings is 1. The number of aromatic nitrogens is 3. The van der Waals surface area contributed by atoms with Gasteiger partial charge in [0.1, 0.15) is 18.9 Å². The zero-order chi connectivity index (χ0) is 24.8. The molecule has 0 radical (unpaired) electrons. The first-order valence-electron chi connectivity index (χ1n) is 12.4. The first-order chi connectivity index (χ1) is 16.9. The van der Waals surface area contributed by atoms with E-state index in [4.69, 9.17) is 14.2 Å². The van der Waals surface area contributed by atoms with Crippen molar-refractivity contribution in [3.05, 3.63) is 35.7 Å². The van der Waals surface area contributed by atoms with E-state index in [0.717, 1.165) is 29.3 Å². The minimum Gasteiger partial charge on any atom is -0.486 e. The Hall–Kier alpha value is -2.69. The summed E-state index contributed by atoms with van der Waals surface area (Å²) in [7, 11) is 2.06. The van der Waals surface area contributed by atoms with Crippen LogP contribution < -0.4 is 9.47 Å². The van der Waals surface area contributed by atoms with Crippen LogP contribution in [0.2, 0.25) is 0 Å². The second kappa shape index (κ2) is 11.8. The van der Waals surface area contributed by atoms with Gasteiger partial charge in [0.05, 0.1) is 31.6 Å². The molecule has 1 aromatic heterocycles. The van der Waals surface area contributed by atoms with E-state index in [9.17, 15) is 9.90 Å². The van der Waals surface area contributed by atoms with Gasteiger partial charge in [-0.25, -0.2) is 0 Å². The Labute approximate surface area is 206 Å². The van der Waals surface area contributed by atoms with E-state index < -0.39 is 0 Å². The number of aryl methyl sites for hydroxylation is 1. The predicted octanol–water partition coefficient (Wildman–Crippen LogP) is 1.71. The van der Waals surface area contributed by atoms with Crippen LogP contribution in [0.3, 0.4) is 0 Å². The minimum absolute atomic E-state index is 0.0429. The fourth-order valence-electron chi connectivity index (χ4n) is 4.56. The molecule has 3 atom stereocenters. The molecule has 2 bridgehead atoms. The molecule has 4 rings (SSSR count). The van der Waals surface area contributed by atoms with Gasteiger partial charge in [0.15, 0.2) is 11.5 Å². The maximum Gasteiger partial charge on any atom is 0.222 e. The summed E-state index contributed by atoms with van der Waals surface area (Å²) in [6, 6.07) is 5.80. The first-order valence-corrected chi connectivity index (χ1v) is 12.4. The van der Waals surface area contributed by atoms with Crippen LogP contribution in [0.15, 0.2) is 24.4 Å². The lowest BCUT2D eigenvalue weighted by atomic mass is 10.0. The molecule has 10 nitrogen and oxygen atoms in total. The molecule has 1 aromatic carbocycles. The van der Waals surface area contributed by atoms with Crippen molar-refractivity contribution in [2.24, 2.45) is 5.92 Å². The van der Waals surface area contributed by atoms with Crippen molar-refractivity contribution in [3.8, 4) is 11.5 Å². The Balaban J connectivity index is 1.47. The van der Waals surface area contributed by atoms with Gasteiger partial charge in [0, 0.05) is 38.5 Å². The van der Waals surface area contributed by atoms with E-state index in [2.05, 4.69) is 35.2 Å². The summed E-state index contributed by atoms with van der Waals surface area (Å²) in [5, 5.41) is 18.2. The molecule has 3 heterocycles. The number of likely N-dealkylation sites (N-methyl/N-ethyl adjacent to an activating group) is 1. The van der Waals surface area contributed by atoms with Crippen LogP contribution in [-0.2, 0) is 29.2 Å². The highest BCUT2D eigenvalue weighted by atomic mass is 16.6. The number of fused-ring (bicyclic) bond motifs is 3. The average Bonchev–Trinajstić information content (AvgIpc) is 3.31. The maximum absolute atomic E-state index is 13.0. The van der Waals surface area contributed by atoms with Gasteiger partial charge < -0.3 is 24.2 Å². The summed E-state index contributed by atoms with van der Waals surface area (Å²) < 4.78 is 19.5. The highest BCUT2D eigenvalue weighted by Gasteiger charge is 2.28. The zero-order valence-corrected chi connectivity index (χ0v) is 20.9. The molecule has 2 aliphatic heterocycles. The zero-order valence-electron chi connectivity index (χ0n) is 20.9. The standard InChI is InChI=1S/C25H37N5O5/c1-18-12-30(19(2)16-31)25(32)5-4-8-29-14-21(26-27-29)17-35-24(18)15-28(3)13-20-6-7-22-23(11-20)34-10-9-33-22/h6-7,11,14,18-19,24,31H,4-5,8-10,12-13,15-17H2,1-3H3/t18-,19-,24+/m0/s1. The van der Waals surface area contributed by atoms with Crippen molar-refractivity contribution in [1.82, 2.24) is 24.8 Å². The molecule has 0 spiro atoms. The summed E-state index contributed by atoms with van der Waals surface area (Å²) in [4.78, 5) is 17.0. The SMILES string of the molecule is C[C@H]1CN([C@@H](C)CO)C(=O)CCCn2cc(nn2)CO[C@@H]1CN(C)Cc1ccc2c(c1)OCCO2. The number of amides is 1. The molecule has 0 saturated carbocycles. The van der Waals surface area contributed by atoms with Crippen LogP contribution in [0.25, 0.3) is 0 Å². The molecule has 2 aromatic rings. The molecule has 1 N–H and O–H groups in total. The molecule has 1 amide bonds. The van der Waals surface area contributed by atoms with E-state index in [1.54, 1.807) is 9.58 Å². The van der Waals surface area contributed by atoms with Crippen molar-refractivity contribution in [2.45, 2.75) is 58.5 Å². The second-order valence-electron chi connectivity index (χ2n) is 9.66. The lowest BCUT2D eigenvalue weighted by molar-refractivity contribution is -0.136. The largest absolute Gasteiger partial charge is 0.486 e. The molecule has 0 aliphatic carbocycles. The number of carbonyl (C=O) groups is 1. The van der Waals surface area contributed by atoms with Gasteiger partial charge in [-0.15, -0.1) is 5.10 Å². The van der Waals surface area contributed by atoms with Crippen molar-refractivity contribution in [3.63, 3.8) is 0 Å². The summed E-state index contributed by atoms with van der Waals surface area (Å²) in [5.74, 6) is 1.66. The fourth-order valence-corrected chi connectivity index (χ4v) is 4.56. The van der Waals surface area contributed by atoms with E-state index >= 15 is 0 Å². The van der Waals surface area contributed by atoms with E-state index in [-0.39, 0.29) is 30.6 Å². The van der Waals surface area contributed by atoms with E-state index in [1.807, 2.05) is 25.3 Å². The molecule has 2 aliphatic rings. The number of aliphatic hydroxyl groups is 1. The summed E-state index contributed by atoms with van der Waals surface area (Å²) >= 11 is 0. The Bertz CT molecular complexity index is 983. The van der Waals surface area contributed by atoms with Gasteiger partial charge in [-0.1, -0.05) is 18.2 Å². The van der Waals surface area contributed by atoms with Crippen LogP contribution in [0.5, 0.6) is 11.5 Å². The quantitative estimate of drug-likeness (QED) is 0.657.